The van der Waals surface area contributed by atoms with Crippen molar-refractivity contribution in [3.05, 3.63) is 11.7 Å². The highest BCUT2D eigenvalue weighted by atomic mass is 32.2. The van der Waals surface area contributed by atoms with Crippen molar-refractivity contribution in [3.63, 3.8) is 0 Å². The second-order valence-corrected chi connectivity index (χ2v) is 7.86. The van der Waals surface area contributed by atoms with Gasteiger partial charge in [0, 0.05) is 6.61 Å². The molecule has 1 aromatic heterocycles. The van der Waals surface area contributed by atoms with Crippen molar-refractivity contribution in [1.29, 1.82) is 0 Å². The maximum absolute atomic E-state index is 5.89. The average molecular weight is 282 g/mol. The topological polar surface area (TPSA) is 48.2 Å². The van der Waals surface area contributed by atoms with Crippen LogP contribution in [0.3, 0.4) is 0 Å². The van der Waals surface area contributed by atoms with E-state index >= 15 is 0 Å². The van der Waals surface area contributed by atoms with Gasteiger partial charge in [0.2, 0.25) is 5.89 Å². The molecule has 0 spiro atoms. The molecule has 0 aliphatic carbocycles. The average Bonchev–Trinajstić information content (AvgIpc) is 3.09. The maximum atomic E-state index is 5.89. The predicted octanol–water partition coefficient (Wildman–Crippen LogP) is 3.56. The zero-order valence-electron chi connectivity index (χ0n) is 11.9. The Kier molecular flexibility index (Phi) is 3.60. The summed E-state index contributed by atoms with van der Waals surface area (Å²) in [6, 6.07) is 0. The Bertz CT molecular complexity index is 435. The molecule has 19 heavy (non-hydrogen) atoms. The lowest BCUT2D eigenvalue weighted by Gasteiger charge is -2.29. The predicted molar refractivity (Wildman–Crippen MR) is 75.3 cm³/mol. The molecule has 2 saturated heterocycles. The first-order chi connectivity index (χ1) is 9.05. The molecule has 2 aliphatic heterocycles. The standard InChI is InChI=1S/C14H22N2O2S/c1-14(2,3)11-9(6-7-17-11)12-15-13(18-16-12)10-5-4-8-19-10/h9-11H,4-8H2,1-3H3/t9-,10+,11-/m0/s1. The fraction of sp³-hybridized carbons (Fsp3) is 0.857. The van der Waals surface area contributed by atoms with Crippen molar-refractivity contribution in [1.82, 2.24) is 10.1 Å². The molecule has 2 fully saturated rings. The molecule has 0 radical (unpaired) electrons. The van der Waals surface area contributed by atoms with Crippen LogP contribution in [0.15, 0.2) is 4.52 Å². The summed E-state index contributed by atoms with van der Waals surface area (Å²) in [6.07, 6.45) is 3.60. The first-order valence-electron chi connectivity index (χ1n) is 7.12. The van der Waals surface area contributed by atoms with Gasteiger partial charge in [-0.1, -0.05) is 25.9 Å². The van der Waals surface area contributed by atoms with E-state index in [0.29, 0.717) is 5.25 Å². The summed E-state index contributed by atoms with van der Waals surface area (Å²) in [5.74, 6) is 3.15. The first kappa shape index (κ1) is 13.4. The molecular formula is C14H22N2O2S. The number of hydrogen-bond acceptors (Lipinski definition) is 5. The first-order valence-corrected chi connectivity index (χ1v) is 8.17. The summed E-state index contributed by atoms with van der Waals surface area (Å²) in [5.41, 5.74) is 0.115. The third-order valence-electron chi connectivity index (χ3n) is 3.94. The summed E-state index contributed by atoms with van der Waals surface area (Å²) in [6.45, 7) is 7.44. The van der Waals surface area contributed by atoms with Crippen LogP contribution in [-0.2, 0) is 4.74 Å². The SMILES string of the molecule is CC(C)(C)[C@H]1OCC[C@@H]1c1noc([C@H]2CCCS2)n1. The number of nitrogens with zero attached hydrogens (tertiary/aromatic N) is 2. The maximum Gasteiger partial charge on any atom is 0.239 e. The molecule has 3 atom stereocenters. The Hall–Kier alpha value is -0.550. The van der Waals surface area contributed by atoms with Crippen LogP contribution in [0.4, 0.5) is 0 Å². The molecule has 5 heteroatoms. The van der Waals surface area contributed by atoms with Crippen LogP contribution in [0, 0.1) is 5.41 Å². The van der Waals surface area contributed by atoms with E-state index in [1.165, 1.54) is 12.2 Å². The van der Waals surface area contributed by atoms with Gasteiger partial charge in [-0.05, 0) is 30.4 Å². The van der Waals surface area contributed by atoms with Gasteiger partial charge in [-0.3, -0.25) is 0 Å². The van der Waals surface area contributed by atoms with Crippen LogP contribution in [0.5, 0.6) is 0 Å². The lowest BCUT2D eigenvalue weighted by Crippen LogP contribution is -2.30. The highest BCUT2D eigenvalue weighted by Crippen LogP contribution is 2.42. The normalized spacial score (nSPS) is 32.1. The summed E-state index contributed by atoms with van der Waals surface area (Å²) in [7, 11) is 0. The van der Waals surface area contributed by atoms with Crippen LogP contribution in [0.25, 0.3) is 0 Å². The minimum atomic E-state index is 0.115. The molecule has 1 aromatic rings. The van der Waals surface area contributed by atoms with E-state index in [2.05, 4.69) is 30.9 Å². The minimum absolute atomic E-state index is 0.115. The summed E-state index contributed by atoms with van der Waals surface area (Å²) >= 11 is 1.93. The zero-order valence-corrected chi connectivity index (χ0v) is 12.7. The molecular weight excluding hydrogens is 260 g/mol. The van der Waals surface area contributed by atoms with Gasteiger partial charge in [0.15, 0.2) is 5.82 Å². The fourth-order valence-corrected chi connectivity index (χ4v) is 4.20. The third-order valence-corrected chi connectivity index (χ3v) is 5.30. The Balaban J connectivity index is 1.78. The molecule has 0 bridgehead atoms. The van der Waals surface area contributed by atoms with Gasteiger partial charge in [0.05, 0.1) is 17.3 Å². The van der Waals surface area contributed by atoms with Crippen LogP contribution >= 0.6 is 11.8 Å². The van der Waals surface area contributed by atoms with Crippen LogP contribution in [-0.4, -0.2) is 28.6 Å². The highest BCUT2D eigenvalue weighted by molar-refractivity contribution is 7.99. The van der Waals surface area contributed by atoms with Crippen LogP contribution in [0.2, 0.25) is 0 Å². The Morgan fingerprint density at radius 2 is 2.11 bits per heavy atom. The summed E-state index contributed by atoms with van der Waals surface area (Å²) < 4.78 is 11.4. The number of ether oxygens (including phenoxy) is 1. The monoisotopic (exact) mass is 282 g/mol. The van der Waals surface area contributed by atoms with E-state index < -0.39 is 0 Å². The highest BCUT2D eigenvalue weighted by Gasteiger charge is 2.41. The largest absolute Gasteiger partial charge is 0.377 e. The number of thioether (sulfide) groups is 1. The summed E-state index contributed by atoms with van der Waals surface area (Å²) in [4.78, 5) is 4.66. The van der Waals surface area contributed by atoms with Crippen LogP contribution < -0.4 is 0 Å². The van der Waals surface area contributed by atoms with Crippen molar-refractivity contribution < 1.29 is 9.26 Å². The van der Waals surface area contributed by atoms with Crippen molar-refractivity contribution in [2.45, 2.75) is 57.3 Å². The smallest absolute Gasteiger partial charge is 0.239 e. The zero-order chi connectivity index (χ0) is 13.5. The molecule has 0 unspecified atom stereocenters. The summed E-state index contributed by atoms with van der Waals surface area (Å²) in [5, 5.41) is 4.64. The Morgan fingerprint density at radius 1 is 1.26 bits per heavy atom. The quantitative estimate of drug-likeness (QED) is 0.830. The van der Waals surface area contributed by atoms with E-state index in [1.54, 1.807) is 0 Å². The van der Waals surface area contributed by atoms with E-state index in [9.17, 15) is 0 Å². The van der Waals surface area contributed by atoms with E-state index in [4.69, 9.17) is 9.26 Å². The van der Waals surface area contributed by atoms with Crippen molar-refractivity contribution in [3.8, 4) is 0 Å². The number of rotatable bonds is 2. The molecule has 4 nitrogen and oxygen atoms in total. The molecule has 0 saturated carbocycles. The van der Waals surface area contributed by atoms with Gasteiger partial charge in [-0.2, -0.15) is 4.98 Å². The Labute approximate surface area is 118 Å². The van der Waals surface area contributed by atoms with Crippen molar-refractivity contribution >= 4 is 11.8 Å². The fourth-order valence-electron chi connectivity index (χ4n) is 3.01. The minimum Gasteiger partial charge on any atom is -0.377 e. The van der Waals surface area contributed by atoms with Gasteiger partial charge >= 0.3 is 0 Å². The second kappa shape index (κ2) is 5.09. The Morgan fingerprint density at radius 3 is 2.79 bits per heavy atom. The van der Waals surface area contributed by atoms with Gasteiger partial charge in [-0.15, -0.1) is 11.8 Å². The molecule has 0 aromatic carbocycles. The van der Waals surface area contributed by atoms with Crippen LogP contribution in [0.1, 0.15) is 62.9 Å². The number of aromatic nitrogens is 2. The van der Waals surface area contributed by atoms with Crippen molar-refractivity contribution in [2.75, 3.05) is 12.4 Å². The van der Waals surface area contributed by atoms with Gasteiger partial charge in [0.25, 0.3) is 0 Å². The number of hydrogen-bond donors (Lipinski definition) is 0. The molecule has 0 amide bonds. The van der Waals surface area contributed by atoms with E-state index in [1.807, 2.05) is 11.8 Å². The molecule has 0 N–H and O–H groups in total. The van der Waals surface area contributed by atoms with Crippen molar-refractivity contribution in [2.24, 2.45) is 5.41 Å². The molecule has 2 aliphatic rings. The van der Waals surface area contributed by atoms with Gasteiger partial charge in [-0.25, -0.2) is 0 Å². The lowest BCUT2D eigenvalue weighted by molar-refractivity contribution is 0.0193. The van der Waals surface area contributed by atoms with Gasteiger partial charge < -0.3 is 9.26 Å². The van der Waals surface area contributed by atoms with E-state index in [-0.39, 0.29) is 17.4 Å². The lowest BCUT2D eigenvalue weighted by atomic mass is 9.81. The second-order valence-electron chi connectivity index (χ2n) is 6.55. The van der Waals surface area contributed by atoms with E-state index in [0.717, 1.165) is 31.2 Å². The van der Waals surface area contributed by atoms with Gasteiger partial charge in [0.1, 0.15) is 0 Å². The third kappa shape index (κ3) is 2.68. The molecule has 106 valence electrons. The molecule has 3 rings (SSSR count). The molecule has 3 heterocycles.